The lowest BCUT2D eigenvalue weighted by Gasteiger charge is -2.46. The minimum Gasteiger partial charge on any atom is -0.497 e. The summed E-state index contributed by atoms with van der Waals surface area (Å²) in [4.78, 5) is 13.3. The van der Waals surface area contributed by atoms with Crippen LogP contribution in [0.25, 0.3) is 0 Å². The smallest absolute Gasteiger partial charge is 0.437 e. The Morgan fingerprint density at radius 2 is 1.73 bits per heavy atom. The van der Waals surface area contributed by atoms with E-state index in [1.165, 1.54) is 44.6 Å². The van der Waals surface area contributed by atoms with Gasteiger partial charge in [0.2, 0.25) is 5.72 Å². The van der Waals surface area contributed by atoms with Gasteiger partial charge in [0.15, 0.2) is 10.9 Å². The van der Waals surface area contributed by atoms with Crippen molar-refractivity contribution in [1.29, 1.82) is 0 Å². The summed E-state index contributed by atoms with van der Waals surface area (Å²) >= 11 is 4.92. The number of carbonyl (C=O) groups is 1. The van der Waals surface area contributed by atoms with Crippen molar-refractivity contribution in [1.82, 2.24) is 10.6 Å². The van der Waals surface area contributed by atoms with Crippen LogP contribution >= 0.6 is 12.2 Å². The Morgan fingerprint density at radius 3 is 2.30 bits per heavy atom. The number of para-hydroxylation sites is 1. The topological polar surface area (TPSA) is 79.8 Å². The van der Waals surface area contributed by atoms with Crippen LogP contribution in [-0.2, 0) is 0 Å². The third-order valence-corrected chi connectivity index (χ3v) is 5.16. The maximum Gasteiger partial charge on any atom is 0.437 e. The van der Waals surface area contributed by atoms with Crippen LogP contribution in [0.15, 0.2) is 48.5 Å². The van der Waals surface area contributed by atoms with Gasteiger partial charge >= 0.3 is 6.18 Å². The second-order valence-corrected chi connectivity index (χ2v) is 7.06. The molecule has 2 aromatic carbocycles. The van der Waals surface area contributed by atoms with Gasteiger partial charge < -0.3 is 25.2 Å². The number of rotatable bonds is 5. The molecule has 0 spiro atoms. The highest BCUT2D eigenvalue weighted by Gasteiger charge is 2.66. The highest BCUT2D eigenvalue weighted by molar-refractivity contribution is 7.80. The average molecular weight is 440 g/mol. The molecule has 0 radical (unpaired) electrons. The SMILES string of the molecule is COc1ccc(C(=O)C2C(c3ccccc3OC)NC(=S)NC2(O)C(F)(F)F)cc1. The molecule has 1 fully saturated rings. The van der Waals surface area contributed by atoms with E-state index in [2.05, 4.69) is 5.32 Å². The first-order valence-electron chi connectivity index (χ1n) is 8.81. The molecule has 1 heterocycles. The van der Waals surface area contributed by atoms with Gasteiger partial charge in [-0.15, -0.1) is 0 Å². The van der Waals surface area contributed by atoms with E-state index in [-0.39, 0.29) is 16.9 Å². The zero-order chi connectivity index (χ0) is 22.1. The van der Waals surface area contributed by atoms with Crippen molar-refractivity contribution in [3.8, 4) is 11.5 Å². The van der Waals surface area contributed by atoms with Gasteiger partial charge in [0, 0.05) is 11.1 Å². The fourth-order valence-electron chi connectivity index (χ4n) is 3.46. The summed E-state index contributed by atoms with van der Waals surface area (Å²) < 4.78 is 52.3. The van der Waals surface area contributed by atoms with Crippen molar-refractivity contribution in [3.63, 3.8) is 0 Å². The van der Waals surface area contributed by atoms with E-state index >= 15 is 0 Å². The Hall–Kier alpha value is -2.85. The number of alkyl halides is 3. The molecule has 3 atom stereocenters. The highest BCUT2D eigenvalue weighted by atomic mass is 32.1. The Kier molecular flexibility index (Phi) is 5.91. The van der Waals surface area contributed by atoms with Crippen LogP contribution in [0, 0.1) is 5.92 Å². The number of ether oxygens (including phenoxy) is 2. The molecule has 6 nitrogen and oxygen atoms in total. The summed E-state index contributed by atoms with van der Waals surface area (Å²) in [5.41, 5.74) is -3.38. The van der Waals surface area contributed by atoms with E-state index in [9.17, 15) is 23.1 Å². The lowest BCUT2D eigenvalue weighted by Crippen LogP contribution is -2.72. The van der Waals surface area contributed by atoms with E-state index < -0.39 is 34.8 Å². The van der Waals surface area contributed by atoms with E-state index in [0.29, 0.717) is 5.75 Å². The molecule has 1 aliphatic rings. The third kappa shape index (κ3) is 3.80. The summed E-state index contributed by atoms with van der Waals surface area (Å²) in [5.74, 6) is -2.26. The predicted molar refractivity (Wildman–Crippen MR) is 106 cm³/mol. The van der Waals surface area contributed by atoms with Gasteiger partial charge in [-0.3, -0.25) is 4.79 Å². The van der Waals surface area contributed by atoms with Crippen LogP contribution in [0.3, 0.4) is 0 Å². The Balaban J connectivity index is 2.17. The first kappa shape index (κ1) is 21.8. The van der Waals surface area contributed by atoms with Crippen LogP contribution in [0.4, 0.5) is 13.2 Å². The molecule has 0 bridgehead atoms. The van der Waals surface area contributed by atoms with Crippen molar-refractivity contribution < 1.29 is 32.5 Å². The molecule has 3 unspecified atom stereocenters. The zero-order valence-corrected chi connectivity index (χ0v) is 16.8. The van der Waals surface area contributed by atoms with E-state index in [1.54, 1.807) is 18.2 Å². The molecule has 10 heteroatoms. The van der Waals surface area contributed by atoms with Crippen molar-refractivity contribution in [2.45, 2.75) is 17.9 Å². The number of benzene rings is 2. The molecule has 2 aromatic rings. The van der Waals surface area contributed by atoms with Crippen LogP contribution in [-0.4, -0.2) is 42.1 Å². The second kappa shape index (κ2) is 8.11. The van der Waals surface area contributed by atoms with Crippen LogP contribution in [0.2, 0.25) is 0 Å². The molecule has 0 aromatic heterocycles. The number of ketones is 1. The minimum atomic E-state index is -5.20. The first-order valence-corrected chi connectivity index (χ1v) is 9.22. The molecule has 160 valence electrons. The lowest BCUT2D eigenvalue weighted by molar-refractivity contribution is -0.285. The van der Waals surface area contributed by atoms with Crippen molar-refractivity contribution in [2.75, 3.05) is 14.2 Å². The molecule has 3 rings (SSSR count). The number of Topliss-reactive ketones (excluding diaryl/α,β-unsaturated/α-hetero) is 1. The summed E-state index contributed by atoms with van der Waals surface area (Å²) in [5, 5.41) is 14.8. The van der Waals surface area contributed by atoms with Gasteiger partial charge in [0.1, 0.15) is 17.4 Å². The normalized spacial score (nSPS) is 23.9. The molecule has 0 saturated carbocycles. The van der Waals surface area contributed by atoms with Crippen molar-refractivity contribution in [3.05, 3.63) is 59.7 Å². The van der Waals surface area contributed by atoms with Gasteiger partial charge in [-0.25, -0.2) is 0 Å². The summed E-state index contributed by atoms with van der Waals surface area (Å²) in [6.45, 7) is 0. The number of aliphatic hydroxyl groups is 1. The van der Waals surface area contributed by atoms with Crippen LogP contribution in [0.5, 0.6) is 11.5 Å². The van der Waals surface area contributed by atoms with Gasteiger partial charge in [-0.1, -0.05) is 18.2 Å². The molecule has 1 aliphatic heterocycles. The Bertz CT molecular complexity index is 952. The van der Waals surface area contributed by atoms with Gasteiger partial charge in [0.05, 0.1) is 20.3 Å². The molecule has 3 N–H and O–H groups in total. The molecule has 30 heavy (non-hydrogen) atoms. The number of nitrogens with one attached hydrogen (secondary N) is 2. The van der Waals surface area contributed by atoms with E-state index in [0.717, 1.165) is 0 Å². The maximum absolute atomic E-state index is 14.0. The predicted octanol–water partition coefficient (Wildman–Crippen LogP) is 2.97. The molecule has 0 amide bonds. The Labute approximate surface area is 176 Å². The van der Waals surface area contributed by atoms with Gasteiger partial charge in [-0.2, -0.15) is 13.2 Å². The summed E-state index contributed by atoms with van der Waals surface area (Å²) in [7, 11) is 2.78. The van der Waals surface area contributed by atoms with E-state index in [4.69, 9.17) is 21.7 Å². The number of halogens is 3. The van der Waals surface area contributed by atoms with Crippen LogP contribution in [0.1, 0.15) is 22.0 Å². The first-order chi connectivity index (χ1) is 14.1. The average Bonchev–Trinajstić information content (AvgIpc) is 2.72. The summed E-state index contributed by atoms with van der Waals surface area (Å²) in [6, 6.07) is 10.5. The van der Waals surface area contributed by atoms with Gasteiger partial charge in [0.25, 0.3) is 0 Å². The van der Waals surface area contributed by atoms with Gasteiger partial charge in [-0.05, 0) is 42.5 Å². The minimum absolute atomic E-state index is 0.0280. The Morgan fingerprint density at radius 1 is 1.10 bits per heavy atom. The second-order valence-electron chi connectivity index (χ2n) is 6.65. The summed E-state index contributed by atoms with van der Waals surface area (Å²) in [6.07, 6.45) is -5.20. The molecular formula is C20H19F3N2O4S. The molecule has 1 saturated heterocycles. The van der Waals surface area contributed by atoms with Crippen molar-refractivity contribution in [2.24, 2.45) is 5.92 Å². The fourth-order valence-corrected chi connectivity index (χ4v) is 3.74. The number of thiocarbonyl (C=S) groups is 1. The van der Waals surface area contributed by atoms with Crippen LogP contribution < -0.4 is 20.1 Å². The van der Waals surface area contributed by atoms with Crippen molar-refractivity contribution >= 4 is 23.1 Å². The lowest BCUT2D eigenvalue weighted by atomic mass is 9.77. The van der Waals surface area contributed by atoms with E-state index in [1.807, 2.05) is 5.32 Å². The fraction of sp³-hybridized carbons (Fsp3) is 0.300. The largest absolute Gasteiger partial charge is 0.497 e. The maximum atomic E-state index is 14.0. The standard InChI is InChI=1S/C20H19F3N2O4S/c1-28-12-9-7-11(8-10-12)17(26)15-16(13-5-3-4-6-14(13)29-2)24-18(30)25-19(15,27)20(21,22)23/h3-10,15-16,27H,1-2H3,(H2,24,25,30). The molecule has 0 aliphatic carbocycles. The third-order valence-electron chi connectivity index (χ3n) is 4.94. The number of hydrogen-bond donors (Lipinski definition) is 3. The highest BCUT2D eigenvalue weighted by Crippen LogP contribution is 2.45. The number of methoxy groups -OCH3 is 2. The number of carbonyl (C=O) groups excluding carboxylic acids is 1. The monoisotopic (exact) mass is 440 g/mol. The zero-order valence-electron chi connectivity index (χ0n) is 16.0. The quantitative estimate of drug-likeness (QED) is 0.487. The number of hydrogen-bond acceptors (Lipinski definition) is 5. The molecular weight excluding hydrogens is 421 g/mol.